The van der Waals surface area contributed by atoms with Gasteiger partial charge in [-0.15, -0.1) is 0 Å². The average molecular weight is 377 g/mol. The quantitative estimate of drug-likeness (QED) is 0.642. The molecule has 2 rings (SSSR count). The molecule has 1 amide bonds. The Bertz CT molecular complexity index is 746. The highest BCUT2D eigenvalue weighted by Crippen LogP contribution is 2.28. The van der Waals surface area contributed by atoms with Crippen LogP contribution in [0.3, 0.4) is 0 Å². The molecule has 0 radical (unpaired) electrons. The van der Waals surface area contributed by atoms with Crippen LogP contribution < -0.4 is 5.43 Å². The predicted octanol–water partition coefficient (Wildman–Crippen LogP) is 1.83. The smallest absolute Gasteiger partial charge is 0.273 e. The fraction of sp³-hybridized carbons (Fsp3) is 0.467. The first-order valence-corrected chi connectivity index (χ1v) is 9.37. The fourth-order valence-electron chi connectivity index (χ4n) is 2.48. The molecular formula is C15H18F3N3O3S. The molecule has 138 valence electrons. The molecular weight excluding hydrogens is 359 g/mol. The number of hydrazone groups is 1. The number of nitrogens with zero attached hydrogens (tertiary/aromatic N) is 2. The van der Waals surface area contributed by atoms with Crippen LogP contribution in [0.25, 0.3) is 0 Å². The van der Waals surface area contributed by atoms with Crippen molar-refractivity contribution < 1.29 is 26.4 Å². The van der Waals surface area contributed by atoms with Gasteiger partial charge in [0.1, 0.15) is 0 Å². The van der Waals surface area contributed by atoms with Crippen LogP contribution in [0.4, 0.5) is 13.2 Å². The Balaban J connectivity index is 1.92. The van der Waals surface area contributed by atoms with Crippen molar-refractivity contribution in [3.63, 3.8) is 0 Å². The molecule has 1 N–H and O–H groups in total. The number of carbonyl (C=O) groups excluding carboxylic acids is 1. The van der Waals surface area contributed by atoms with Gasteiger partial charge in [-0.3, -0.25) is 4.79 Å². The summed E-state index contributed by atoms with van der Waals surface area (Å²) in [5, 5.41) is 3.72. The van der Waals surface area contributed by atoms with Crippen LogP contribution in [0.2, 0.25) is 0 Å². The minimum absolute atomic E-state index is 0.0977. The van der Waals surface area contributed by atoms with Crippen molar-refractivity contribution in [2.75, 3.05) is 19.3 Å². The molecule has 0 bridgehead atoms. The summed E-state index contributed by atoms with van der Waals surface area (Å²) in [6.07, 6.45) is -0.955. The lowest BCUT2D eigenvalue weighted by Crippen LogP contribution is -2.44. The second kappa shape index (κ2) is 7.52. The average Bonchev–Trinajstić information content (AvgIpc) is 2.54. The Hall–Kier alpha value is -1.94. The van der Waals surface area contributed by atoms with Gasteiger partial charge in [-0.25, -0.2) is 18.1 Å². The lowest BCUT2D eigenvalue weighted by atomic mass is 9.99. The van der Waals surface area contributed by atoms with Gasteiger partial charge in [0, 0.05) is 13.1 Å². The third-order valence-electron chi connectivity index (χ3n) is 3.85. The Labute approximate surface area is 143 Å². The second-order valence-corrected chi connectivity index (χ2v) is 7.80. The number of piperidine rings is 1. The zero-order valence-electron chi connectivity index (χ0n) is 13.5. The minimum atomic E-state index is -4.41. The van der Waals surface area contributed by atoms with E-state index in [-0.39, 0.29) is 6.54 Å². The molecule has 0 spiro atoms. The SMILES string of the molecule is CS(=O)(=O)N1CCC[C@@H](C(=O)N/N=C\c2ccc(C(F)(F)F)cc2)C1. The zero-order valence-corrected chi connectivity index (χ0v) is 14.3. The molecule has 1 aliphatic heterocycles. The van der Waals surface area contributed by atoms with E-state index in [9.17, 15) is 26.4 Å². The molecule has 1 heterocycles. The second-order valence-electron chi connectivity index (χ2n) is 5.81. The van der Waals surface area contributed by atoms with E-state index >= 15 is 0 Å². The summed E-state index contributed by atoms with van der Waals surface area (Å²) in [6.45, 7) is 0.484. The molecule has 0 aliphatic carbocycles. The first-order chi connectivity index (χ1) is 11.6. The van der Waals surface area contributed by atoms with Crippen molar-refractivity contribution in [2.24, 2.45) is 11.0 Å². The van der Waals surface area contributed by atoms with Crippen LogP contribution in [0.15, 0.2) is 29.4 Å². The number of nitrogens with one attached hydrogen (secondary N) is 1. The monoisotopic (exact) mass is 377 g/mol. The molecule has 1 fully saturated rings. The highest BCUT2D eigenvalue weighted by atomic mass is 32.2. The number of rotatable bonds is 4. The van der Waals surface area contributed by atoms with Gasteiger partial charge in [-0.2, -0.15) is 18.3 Å². The highest BCUT2D eigenvalue weighted by Gasteiger charge is 2.30. The molecule has 0 unspecified atom stereocenters. The summed E-state index contributed by atoms with van der Waals surface area (Å²) in [4.78, 5) is 12.1. The van der Waals surface area contributed by atoms with E-state index in [0.717, 1.165) is 18.4 Å². The Morgan fingerprint density at radius 3 is 2.52 bits per heavy atom. The number of hydrogen-bond acceptors (Lipinski definition) is 4. The maximum atomic E-state index is 12.5. The third kappa shape index (κ3) is 5.53. The van der Waals surface area contributed by atoms with Gasteiger partial charge in [0.05, 0.1) is 24.0 Å². The lowest BCUT2D eigenvalue weighted by molar-refractivity contribution is -0.137. The van der Waals surface area contributed by atoms with Gasteiger partial charge < -0.3 is 0 Å². The molecule has 1 aromatic carbocycles. The van der Waals surface area contributed by atoms with E-state index < -0.39 is 33.6 Å². The molecule has 25 heavy (non-hydrogen) atoms. The molecule has 0 saturated carbocycles. The maximum absolute atomic E-state index is 12.5. The summed E-state index contributed by atoms with van der Waals surface area (Å²) >= 11 is 0. The van der Waals surface area contributed by atoms with E-state index in [0.29, 0.717) is 24.9 Å². The van der Waals surface area contributed by atoms with Crippen molar-refractivity contribution in [1.29, 1.82) is 0 Å². The molecule has 1 aliphatic rings. The van der Waals surface area contributed by atoms with E-state index in [1.54, 1.807) is 0 Å². The molecule has 1 aromatic rings. The van der Waals surface area contributed by atoms with E-state index in [4.69, 9.17) is 0 Å². The lowest BCUT2D eigenvalue weighted by Gasteiger charge is -2.29. The van der Waals surface area contributed by atoms with Gasteiger partial charge in [-0.1, -0.05) is 12.1 Å². The Morgan fingerprint density at radius 2 is 1.96 bits per heavy atom. The summed E-state index contributed by atoms with van der Waals surface area (Å²) in [6, 6.07) is 4.33. The number of carbonyl (C=O) groups is 1. The van der Waals surface area contributed by atoms with Crippen LogP contribution in [-0.2, 0) is 21.0 Å². The summed E-state index contributed by atoms with van der Waals surface area (Å²) < 4.78 is 61.7. The van der Waals surface area contributed by atoms with Gasteiger partial charge in [0.15, 0.2) is 0 Å². The van der Waals surface area contributed by atoms with Crippen LogP contribution in [0, 0.1) is 5.92 Å². The van der Waals surface area contributed by atoms with E-state index in [1.807, 2.05) is 0 Å². The van der Waals surface area contributed by atoms with Crippen LogP contribution in [-0.4, -0.2) is 44.2 Å². The van der Waals surface area contributed by atoms with Crippen molar-refractivity contribution in [3.8, 4) is 0 Å². The van der Waals surface area contributed by atoms with E-state index in [2.05, 4.69) is 10.5 Å². The number of halogens is 3. The van der Waals surface area contributed by atoms with Crippen LogP contribution in [0.1, 0.15) is 24.0 Å². The number of hydrogen-bond donors (Lipinski definition) is 1. The number of alkyl halides is 3. The van der Waals surface area contributed by atoms with E-state index in [1.165, 1.54) is 22.7 Å². The zero-order chi connectivity index (χ0) is 18.7. The fourth-order valence-corrected chi connectivity index (χ4v) is 3.39. The standard InChI is InChI=1S/C15H18F3N3O3S/c1-25(23,24)21-8-2-3-12(10-21)14(22)20-19-9-11-4-6-13(7-5-11)15(16,17)18/h4-7,9,12H,2-3,8,10H2,1H3,(H,20,22)/b19-9-/t12-/m1/s1. The number of benzene rings is 1. The van der Waals surface area contributed by atoms with Crippen molar-refractivity contribution in [3.05, 3.63) is 35.4 Å². The van der Waals surface area contributed by atoms with Crippen molar-refractivity contribution in [1.82, 2.24) is 9.73 Å². The summed E-state index contributed by atoms with van der Waals surface area (Å²) in [5.74, 6) is -0.926. The topological polar surface area (TPSA) is 78.8 Å². The third-order valence-corrected chi connectivity index (χ3v) is 5.12. The molecule has 10 heteroatoms. The molecule has 1 atom stereocenters. The first-order valence-electron chi connectivity index (χ1n) is 7.52. The largest absolute Gasteiger partial charge is 0.416 e. The summed E-state index contributed by atoms with van der Waals surface area (Å²) in [7, 11) is -3.35. The van der Waals surface area contributed by atoms with Crippen molar-refractivity contribution in [2.45, 2.75) is 19.0 Å². The highest BCUT2D eigenvalue weighted by molar-refractivity contribution is 7.88. The van der Waals surface area contributed by atoms with Gasteiger partial charge in [0.25, 0.3) is 0 Å². The van der Waals surface area contributed by atoms with Crippen molar-refractivity contribution >= 4 is 22.1 Å². The summed E-state index contributed by atoms with van der Waals surface area (Å²) in [5.41, 5.74) is 1.94. The Kier molecular flexibility index (Phi) is 5.83. The predicted molar refractivity (Wildman–Crippen MR) is 86.3 cm³/mol. The Morgan fingerprint density at radius 1 is 1.32 bits per heavy atom. The van der Waals surface area contributed by atoms with Crippen LogP contribution in [0.5, 0.6) is 0 Å². The molecule has 1 saturated heterocycles. The van der Waals surface area contributed by atoms with Gasteiger partial charge in [0.2, 0.25) is 15.9 Å². The van der Waals surface area contributed by atoms with Gasteiger partial charge >= 0.3 is 6.18 Å². The molecule has 6 nitrogen and oxygen atoms in total. The minimum Gasteiger partial charge on any atom is -0.273 e. The normalized spacial score (nSPS) is 19.9. The first kappa shape index (κ1) is 19.4. The number of amides is 1. The maximum Gasteiger partial charge on any atom is 0.416 e. The van der Waals surface area contributed by atoms with Crippen LogP contribution >= 0.6 is 0 Å². The number of sulfonamides is 1. The van der Waals surface area contributed by atoms with Gasteiger partial charge in [-0.05, 0) is 30.5 Å². The molecule has 0 aromatic heterocycles.